The molecule has 7 heteroatoms. The highest BCUT2D eigenvalue weighted by Gasteiger charge is 2.10. The van der Waals surface area contributed by atoms with Gasteiger partial charge in [0.15, 0.2) is 11.5 Å². The second-order valence-corrected chi connectivity index (χ2v) is 5.62. The van der Waals surface area contributed by atoms with E-state index >= 15 is 0 Å². The van der Waals surface area contributed by atoms with E-state index in [1.54, 1.807) is 24.3 Å². The second kappa shape index (κ2) is 6.83. The fourth-order valence-corrected chi connectivity index (χ4v) is 2.39. The van der Waals surface area contributed by atoms with Crippen LogP contribution in [0.4, 0.5) is 0 Å². The molecular formula is C13H6Cl4O2S. The lowest BCUT2D eigenvalue weighted by molar-refractivity contribution is 0.404. The Morgan fingerprint density at radius 3 is 1.50 bits per heavy atom. The minimum Gasteiger partial charge on any atom is -0.416 e. The summed E-state index contributed by atoms with van der Waals surface area (Å²) >= 11 is 28.5. The van der Waals surface area contributed by atoms with E-state index in [9.17, 15) is 0 Å². The quantitative estimate of drug-likeness (QED) is 0.602. The van der Waals surface area contributed by atoms with Crippen molar-refractivity contribution in [1.82, 2.24) is 0 Å². The topological polar surface area (TPSA) is 18.5 Å². The van der Waals surface area contributed by atoms with Crippen molar-refractivity contribution in [2.75, 3.05) is 0 Å². The minimum absolute atomic E-state index is 0.140. The van der Waals surface area contributed by atoms with Gasteiger partial charge in [0.2, 0.25) is 0 Å². The lowest BCUT2D eigenvalue weighted by Crippen LogP contribution is -2.13. The molecule has 0 saturated carbocycles. The van der Waals surface area contributed by atoms with Gasteiger partial charge in [0.05, 0.1) is 10.0 Å². The van der Waals surface area contributed by atoms with Crippen LogP contribution in [0, 0.1) is 0 Å². The zero-order chi connectivity index (χ0) is 14.7. The van der Waals surface area contributed by atoms with Crippen molar-refractivity contribution in [3.8, 4) is 11.5 Å². The maximum Gasteiger partial charge on any atom is 0.363 e. The molecule has 0 spiro atoms. The van der Waals surface area contributed by atoms with Crippen LogP contribution in [0.3, 0.4) is 0 Å². The van der Waals surface area contributed by atoms with Crippen molar-refractivity contribution in [2.24, 2.45) is 0 Å². The minimum atomic E-state index is -0.140. The van der Waals surface area contributed by atoms with Crippen molar-refractivity contribution >= 4 is 63.9 Å². The van der Waals surface area contributed by atoms with Crippen LogP contribution < -0.4 is 9.47 Å². The first kappa shape index (κ1) is 15.7. The molecule has 0 aliphatic rings. The molecule has 20 heavy (non-hydrogen) atoms. The predicted molar refractivity (Wildman–Crippen MR) is 86.8 cm³/mol. The molecule has 104 valence electrons. The van der Waals surface area contributed by atoms with Crippen LogP contribution in [0.1, 0.15) is 0 Å². The summed E-state index contributed by atoms with van der Waals surface area (Å²) in [5, 5.41) is 1.50. The third-order valence-corrected chi connectivity index (χ3v) is 3.40. The molecule has 2 aromatic carbocycles. The summed E-state index contributed by atoms with van der Waals surface area (Å²) in [5.74, 6) is 0.678. The summed E-state index contributed by atoms with van der Waals surface area (Å²) in [7, 11) is 0. The van der Waals surface area contributed by atoms with Crippen LogP contribution in [-0.4, -0.2) is 5.24 Å². The molecule has 0 radical (unpaired) electrons. The zero-order valence-corrected chi connectivity index (χ0v) is 13.5. The molecule has 0 N–H and O–H groups in total. The van der Waals surface area contributed by atoms with Gasteiger partial charge < -0.3 is 9.47 Å². The van der Waals surface area contributed by atoms with Crippen molar-refractivity contribution < 1.29 is 9.47 Å². The van der Waals surface area contributed by atoms with Gasteiger partial charge in [-0.1, -0.05) is 46.4 Å². The molecule has 0 amide bonds. The molecule has 0 bridgehead atoms. The smallest absolute Gasteiger partial charge is 0.363 e. The van der Waals surface area contributed by atoms with Crippen LogP contribution in [0.25, 0.3) is 0 Å². The summed E-state index contributed by atoms with van der Waals surface area (Å²) in [6.45, 7) is 0. The molecule has 0 fully saturated rings. The normalized spacial score (nSPS) is 10.2. The van der Waals surface area contributed by atoms with E-state index in [0.29, 0.717) is 31.6 Å². The van der Waals surface area contributed by atoms with Crippen molar-refractivity contribution in [1.29, 1.82) is 0 Å². The predicted octanol–water partition coefficient (Wildman–Crippen LogP) is 6.04. The molecular weight excluding hydrogens is 362 g/mol. The van der Waals surface area contributed by atoms with Gasteiger partial charge in [0, 0.05) is 22.3 Å². The highest BCUT2D eigenvalue weighted by atomic mass is 35.5. The monoisotopic (exact) mass is 366 g/mol. The van der Waals surface area contributed by atoms with E-state index in [0.717, 1.165) is 0 Å². The van der Waals surface area contributed by atoms with Crippen LogP contribution in [-0.2, 0) is 0 Å². The molecule has 0 aliphatic heterocycles. The van der Waals surface area contributed by atoms with Gasteiger partial charge in [-0.05, 0) is 36.4 Å². The van der Waals surface area contributed by atoms with Crippen LogP contribution >= 0.6 is 58.6 Å². The van der Waals surface area contributed by atoms with Crippen molar-refractivity contribution in [3.05, 3.63) is 56.5 Å². The average Bonchev–Trinajstić information content (AvgIpc) is 2.36. The van der Waals surface area contributed by atoms with E-state index in [4.69, 9.17) is 68.1 Å². The molecule has 0 atom stereocenters. The Balaban J connectivity index is 2.09. The maximum atomic E-state index is 5.96. The van der Waals surface area contributed by atoms with Crippen molar-refractivity contribution in [2.45, 2.75) is 0 Å². The number of hydrogen-bond donors (Lipinski definition) is 0. The van der Waals surface area contributed by atoms with Crippen LogP contribution in [0.15, 0.2) is 36.4 Å². The Morgan fingerprint density at radius 1 is 0.750 bits per heavy atom. The van der Waals surface area contributed by atoms with Gasteiger partial charge in [0.25, 0.3) is 0 Å². The number of rotatable bonds is 2. The van der Waals surface area contributed by atoms with E-state index in [-0.39, 0.29) is 5.24 Å². The van der Waals surface area contributed by atoms with Crippen LogP contribution in [0.5, 0.6) is 11.5 Å². The van der Waals surface area contributed by atoms with E-state index in [1.807, 2.05) is 0 Å². The van der Waals surface area contributed by atoms with Crippen LogP contribution in [0.2, 0.25) is 20.1 Å². The SMILES string of the molecule is S=C(Oc1ccc(Cl)cc1Cl)Oc1ccc(Cl)cc1Cl. The fourth-order valence-electron chi connectivity index (χ4n) is 1.32. The van der Waals surface area contributed by atoms with Gasteiger partial charge in [-0.2, -0.15) is 0 Å². The summed E-state index contributed by atoms with van der Waals surface area (Å²) < 4.78 is 10.6. The number of hydrogen-bond acceptors (Lipinski definition) is 3. The molecule has 0 saturated heterocycles. The third kappa shape index (κ3) is 4.14. The second-order valence-electron chi connectivity index (χ2n) is 3.60. The number of benzene rings is 2. The van der Waals surface area contributed by atoms with Gasteiger partial charge in [-0.15, -0.1) is 0 Å². The number of thiocarbonyl (C=S) groups is 1. The molecule has 2 nitrogen and oxygen atoms in total. The summed E-state index contributed by atoms with van der Waals surface area (Å²) in [5.41, 5.74) is 0. The molecule has 0 heterocycles. The van der Waals surface area contributed by atoms with E-state index in [1.165, 1.54) is 12.1 Å². The molecule has 0 aromatic heterocycles. The maximum absolute atomic E-state index is 5.96. The summed E-state index contributed by atoms with van der Waals surface area (Å²) in [4.78, 5) is 0. The lowest BCUT2D eigenvalue weighted by Gasteiger charge is -2.10. The zero-order valence-electron chi connectivity index (χ0n) is 9.70. The van der Waals surface area contributed by atoms with Crippen molar-refractivity contribution in [3.63, 3.8) is 0 Å². The lowest BCUT2D eigenvalue weighted by atomic mass is 10.3. The standard InChI is InChI=1S/C13H6Cl4O2S/c14-7-1-3-11(9(16)5-7)18-13(20)19-12-4-2-8(15)6-10(12)17/h1-6H. The van der Waals surface area contributed by atoms with Gasteiger partial charge in [-0.25, -0.2) is 0 Å². The molecule has 2 aromatic rings. The Hall–Kier alpha value is -0.710. The van der Waals surface area contributed by atoms with Gasteiger partial charge in [-0.3, -0.25) is 0 Å². The first-order valence-corrected chi connectivity index (χ1v) is 7.17. The number of ether oxygens (including phenoxy) is 2. The Bertz CT molecular complexity index is 605. The Labute approximate surface area is 141 Å². The summed E-state index contributed by atoms with van der Waals surface area (Å²) in [6.07, 6.45) is 0. The first-order chi connectivity index (χ1) is 9.45. The third-order valence-electron chi connectivity index (χ3n) is 2.17. The Morgan fingerprint density at radius 2 is 1.15 bits per heavy atom. The number of halogens is 4. The van der Waals surface area contributed by atoms with Gasteiger partial charge >= 0.3 is 5.24 Å². The van der Waals surface area contributed by atoms with Gasteiger partial charge in [0.1, 0.15) is 0 Å². The highest BCUT2D eigenvalue weighted by Crippen LogP contribution is 2.30. The Kier molecular flexibility index (Phi) is 5.35. The molecule has 0 aliphatic carbocycles. The molecule has 0 unspecified atom stereocenters. The van der Waals surface area contributed by atoms with E-state index < -0.39 is 0 Å². The first-order valence-electron chi connectivity index (χ1n) is 5.25. The largest absolute Gasteiger partial charge is 0.416 e. The summed E-state index contributed by atoms with van der Waals surface area (Å²) in [6, 6.07) is 9.50. The average molecular weight is 368 g/mol. The fraction of sp³-hybridized carbons (Fsp3) is 0. The highest BCUT2D eigenvalue weighted by molar-refractivity contribution is 7.79. The van der Waals surface area contributed by atoms with E-state index in [2.05, 4.69) is 0 Å². The molecule has 2 rings (SSSR count).